The van der Waals surface area contributed by atoms with Crippen molar-refractivity contribution in [3.8, 4) is 10.6 Å². The highest BCUT2D eigenvalue weighted by Gasteiger charge is 2.20. The molecule has 1 amide bonds. The van der Waals surface area contributed by atoms with Crippen LogP contribution >= 0.6 is 11.3 Å². The zero-order valence-corrected chi connectivity index (χ0v) is 19.1. The molecule has 1 fully saturated rings. The number of nitrogens with zero attached hydrogens (tertiary/aromatic N) is 3. The Morgan fingerprint density at radius 3 is 2.42 bits per heavy atom. The molecule has 162 valence electrons. The summed E-state index contributed by atoms with van der Waals surface area (Å²) in [4.78, 5) is 22.1. The largest absolute Gasteiger partial charge is 0.325 e. The number of aromatic nitrogens is 1. The molecule has 2 heterocycles. The van der Waals surface area contributed by atoms with Crippen molar-refractivity contribution in [2.45, 2.75) is 26.3 Å². The van der Waals surface area contributed by atoms with Crippen molar-refractivity contribution in [2.75, 3.05) is 38.0 Å². The SMILES string of the molecule is CC(C)c1ccccc1NC(=O)CN1CCN(Cc2csc(-c3ccccc3)n2)CC1. The molecule has 5 nitrogen and oxygen atoms in total. The van der Waals surface area contributed by atoms with Crippen LogP contribution in [-0.4, -0.2) is 53.4 Å². The number of nitrogens with one attached hydrogen (secondary N) is 1. The minimum Gasteiger partial charge on any atom is -0.325 e. The fourth-order valence-corrected chi connectivity index (χ4v) is 4.75. The van der Waals surface area contributed by atoms with E-state index in [1.807, 2.05) is 36.4 Å². The van der Waals surface area contributed by atoms with E-state index in [9.17, 15) is 4.79 Å². The Morgan fingerprint density at radius 1 is 1.00 bits per heavy atom. The molecule has 3 aromatic rings. The summed E-state index contributed by atoms with van der Waals surface area (Å²) in [7, 11) is 0. The van der Waals surface area contributed by atoms with Gasteiger partial charge in [-0.25, -0.2) is 4.98 Å². The molecular weight excluding hydrogens is 404 g/mol. The number of piperazine rings is 1. The number of carbonyl (C=O) groups is 1. The maximum absolute atomic E-state index is 12.6. The van der Waals surface area contributed by atoms with Gasteiger partial charge in [0.2, 0.25) is 5.91 Å². The first-order valence-corrected chi connectivity index (χ1v) is 11.8. The molecule has 1 aliphatic heterocycles. The number of thiazole rings is 1. The lowest BCUT2D eigenvalue weighted by Gasteiger charge is -2.33. The standard InChI is InChI=1S/C25H30N4OS/c1-19(2)22-10-6-7-11-23(22)27-24(30)17-29-14-12-28(13-15-29)16-21-18-31-25(26-21)20-8-4-3-5-9-20/h3-11,18-19H,12-17H2,1-2H3,(H,27,30). The van der Waals surface area contributed by atoms with Gasteiger partial charge in [-0.2, -0.15) is 0 Å². The first kappa shape index (κ1) is 21.7. The smallest absolute Gasteiger partial charge is 0.238 e. The van der Waals surface area contributed by atoms with Gasteiger partial charge in [-0.05, 0) is 17.5 Å². The summed E-state index contributed by atoms with van der Waals surface area (Å²) in [6.07, 6.45) is 0. The molecule has 1 aromatic heterocycles. The van der Waals surface area contributed by atoms with Gasteiger partial charge >= 0.3 is 0 Å². The lowest BCUT2D eigenvalue weighted by atomic mass is 10.0. The van der Waals surface area contributed by atoms with Crippen LogP contribution in [0.25, 0.3) is 10.6 Å². The first-order valence-electron chi connectivity index (χ1n) is 10.9. The van der Waals surface area contributed by atoms with Crippen LogP contribution in [0.4, 0.5) is 5.69 Å². The Kier molecular flexibility index (Phi) is 7.12. The van der Waals surface area contributed by atoms with Crippen LogP contribution in [0.3, 0.4) is 0 Å². The maximum Gasteiger partial charge on any atom is 0.238 e. The van der Waals surface area contributed by atoms with E-state index >= 15 is 0 Å². The quantitative estimate of drug-likeness (QED) is 0.586. The van der Waals surface area contributed by atoms with Gasteiger partial charge < -0.3 is 5.32 Å². The summed E-state index contributed by atoms with van der Waals surface area (Å²) in [5, 5.41) is 6.34. The van der Waals surface area contributed by atoms with Crippen LogP contribution in [0.1, 0.15) is 31.0 Å². The minimum absolute atomic E-state index is 0.0635. The van der Waals surface area contributed by atoms with Crippen LogP contribution in [0.2, 0.25) is 0 Å². The number of rotatable bonds is 7. The summed E-state index contributed by atoms with van der Waals surface area (Å²) >= 11 is 1.70. The Morgan fingerprint density at radius 2 is 1.68 bits per heavy atom. The van der Waals surface area contributed by atoms with E-state index in [1.165, 1.54) is 11.1 Å². The van der Waals surface area contributed by atoms with Crippen molar-refractivity contribution >= 4 is 22.9 Å². The first-order chi connectivity index (χ1) is 15.1. The van der Waals surface area contributed by atoms with E-state index in [0.29, 0.717) is 12.5 Å². The maximum atomic E-state index is 12.6. The van der Waals surface area contributed by atoms with Gasteiger partial charge in [0.1, 0.15) is 5.01 Å². The molecule has 6 heteroatoms. The van der Waals surface area contributed by atoms with Crippen LogP contribution in [0.5, 0.6) is 0 Å². The monoisotopic (exact) mass is 434 g/mol. The Hall–Kier alpha value is -2.54. The van der Waals surface area contributed by atoms with Crippen molar-refractivity contribution in [2.24, 2.45) is 0 Å². The number of amides is 1. The van der Waals surface area contributed by atoms with E-state index in [4.69, 9.17) is 4.98 Å². The Balaban J connectivity index is 1.25. The summed E-state index contributed by atoms with van der Waals surface area (Å²) in [6, 6.07) is 18.4. The molecule has 0 spiro atoms. The summed E-state index contributed by atoms with van der Waals surface area (Å²) in [6.45, 7) is 9.30. The molecule has 0 radical (unpaired) electrons. The van der Waals surface area contributed by atoms with Gasteiger partial charge in [0, 0.05) is 49.4 Å². The molecule has 0 bridgehead atoms. The zero-order valence-electron chi connectivity index (χ0n) is 18.3. The van der Waals surface area contributed by atoms with Crippen molar-refractivity contribution in [3.05, 3.63) is 71.2 Å². The van der Waals surface area contributed by atoms with Crippen LogP contribution in [0, 0.1) is 0 Å². The van der Waals surface area contributed by atoms with Gasteiger partial charge in [0.15, 0.2) is 0 Å². The third-order valence-corrected chi connectivity index (χ3v) is 6.59. The molecule has 31 heavy (non-hydrogen) atoms. The Labute approximate surface area is 188 Å². The fourth-order valence-electron chi connectivity index (χ4n) is 3.93. The second-order valence-corrected chi connectivity index (χ2v) is 9.21. The molecular formula is C25H30N4OS. The highest BCUT2D eigenvalue weighted by molar-refractivity contribution is 7.13. The molecule has 1 N–H and O–H groups in total. The van der Waals surface area contributed by atoms with E-state index in [0.717, 1.165) is 49.1 Å². The average molecular weight is 435 g/mol. The molecule has 0 saturated carbocycles. The van der Waals surface area contributed by atoms with Crippen molar-refractivity contribution < 1.29 is 4.79 Å². The molecule has 0 atom stereocenters. The fraction of sp³-hybridized carbons (Fsp3) is 0.360. The summed E-state index contributed by atoms with van der Waals surface area (Å²) in [5.74, 6) is 0.446. The van der Waals surface area contributed by atoms with Crippen LogP contribution < -0.4 is 5.32 Å². The third kappa shape index (κ3) is 5.79. The van der Waals surface area contributed by atoms with Crippen LogP contribution in [0.15, 0.2) is 60.0 Å². The number of hydrogen-bond donors (Lipinski definition) is 1. The van der Waals surface area contributed by atoms with Crippen molar-refractivity contribution in [1.82, 2.24) is 14.8 Å². The highest BCUT2D eigenvalue weighted by Crippen LogP contribution is 2.25. The van der Waals surface area contributed by atoms with Gasteiger partial charge in [-0.15, -0.1) is 11.3 Å². The van der Waals surface area contributed by atoms with Gasteiger partial charge in [-0.1, -0.05) is 62.4 Å². The number of anilines is 1. The average Bonchev–Trinajstić information content (AvgIpc) is 3.24. The second kappa shape index (κ2) is 10.2. The van der Waals surface area contributed by atoms with E-state index in [2.05, 4.69) is 52.5 Å². The summed E-state index contributed by atoms with van der Waals surface area (Å²) in [5.41, 5.74) is 4.41. The van der Waals surface area contributed by atoms with Gasteiger partial charge in [0.05, 0.1) is 12.2 Å². The van der Waals surface area contributed by atoms with E-state index in [-0.39, 0.29) is 5.91 Å². The van der Waals surface area contributed by atoms with Crippen LogP contribution in [-0.2, 0) is 11.3 Å². The Bertz CT molecular complexity index is 994. The topological polar surface area (TPSA) is 48.5 Å². The summed E-state index contributed by atoms with van der Waals surface area (Å²) < 4.78 is 0. The molecule has 4 rings (SSSR count). The predicted molar refractivity (Wildman–Crippen MR) is 128 cm³/mol. The van der Waals surface area contributed by atoms with E-state index in [1.54, 1.807) is 11.3 Å². The minimum atomic E-state index is 0.0635. The third-order valence-electron chi connectivity index (χ3n) is 5.65. The lowest BCUT2D eigenvalue weighted by molar-refractivity contribution is -0.117. The normalized spacial score (nSPS) is 15.3. The number of carbonyl (C=O) groups excluding carboxylic acids is 1. The lowest BCUT2D eigenvalue weighted by Crippen LogP contribution is -2.48. The second-order valence-electron chi connectivity index (χ2n) is 8.35. The zero-order chi connectivity index (χ0) is 21.6. The molecule has 0 aliphatic carbocycles. The number of para-hydroxylation sites is 1. The van der Waals surface area contributed by atoms with Crippen molar-refractivity contribution in [1.29, 1.82) is 0 Å². The van der Waals surface area contributed by atoms with Gasteiger partial charge in [0.25, 0.3) is 0 Å². The predicted octanol–water partition coefficient (Wildman–Crippen LogP) is 4.69. The molecule has 0 unspecified atom stereocenters. The number of hydrogen-bond acceptors (Lipinski definition) is 5. The highest BCUT2D eigenvalue weighted by atomic mass is 32.1. The van der Waals surface area contributed by atoms with Gasteiger partial charge in [-0.3, -0.25) is 14.6 Å². The molecule has 1 saturated heterocycles. The molecule has 1 aliphatic rings. The van der Waals surface area contributed by atoms with E-state index < -0.39 is 0 Å². The number of benzene rings is 2. The van der Waals surface area contributed by atoms with Crippen molar-refractivity contribution in [3.63, 3.8) is 0 Å². The molecule has 2 aromatic carbocycles.